The van der Waals surface area contributed by atoms with Crippen LogP contribution in [0.2, 0.25) is 0 Å². The molecule has 0 aliphatic heterocycles. The molecule has 0 amide bonds. The highest BCUT2D eigenvalue weighted by Crippen LogP contribution is 2.31. The zero-order valence-electron chi connectivity index (χ0n) is 16.0. The summed E-state index contributed by atoms with van der Waals surface area (Å²) in [7, 11) is 4.26. The SMILES string of the molecule is CCCC[N+](C)(C)CCOC(=O)C(O)(c1ccccc1)c1ccccc1. The van der Waals surface area contributed by atoms with Gasteiger partial charge in [-0.1, -0.05) is 74.0 Å². The van der Waals surface area contributed by atoms with Crippen LogP contribution < -0.4 is 0 Å². The van der Waals surface area contributed by atoms with Gasteiger partial charge in [0, 0.05) is 0 Å². The maximum Gasteiger partial charge on any atom is 0.347 e. The fourth-order valence-electron chi connectivity index (χ4n) is 2.95. The summed E-state index contributed by atoms with van der Waals surface area (Å²) in [4.78, 5) is 12.9. The summed E-state index contributed by atoms with van der Waals surface area (Å²) in [5.41, 5.74) is -0.782. The minimum absolute atomic E-state index is 0.275. The molecule has 2 aromatic rings. The third-order valence-corrected chi connectivity index (χ3v) is 4.73. The second-order valence-electron chi connectivity index (χ2n) is 7.31. The Hall–Kier alpha value is -2.17. The Labute approximate surface area is 156 Å². The van der Waals surface area contributed by atoms with E-state index in [4.69, 9.17) is 4.74 Å². The number of carbonyl (C=O) groups is 1. The summed E-state index contributed by atoms with van der Waals surface area (Å²) in [5.74, 6) is -0.634. The first-order valence-corrected chi connectivity index (χ1v) is 9.23. The zero-order valence-corrected chi connectivity index (χ0v) is 16.0. The molecule has 26 heavy (non-hydrogen) atoms. The van der Waals surface area contributed by atoms with Crippen LogP contribution in [0.25, 0.3) is 0 Å². The molecule has 0 aromatic heterocycles. The monoisotopic (exact) mass is 356 g/mol. The van der Waals surface area contributed by atoms with Crippen LogP contribution in [0.4, 0.5) is 0 Å². The fraction of sp³-hybridized carbons (Fsp3) is 0.409. The molecule has 2 aromatic carbocycles. The molecule has 0 spiro atoms. The number of hydrogen-bond donors (Lipinski definition) is 1. The van der Waals surface area contributed by atoms with E-state index in [-0.39, 0.29) is 6.61 Å². The summed E-state index contributed by atoms with van der Waals surface area (Å²) in [6.45, 7) is 4.19. The van der Waals surface area contributed by atoms with E-state index in [1.54, 1.807) is 48.5 Å². The summed E-state index contributed by atoms with van der Waals surface area (Å²) in [6, 6.07) is 17.9. The first kappa shape index (κ1) is 20.1. The van der Waals surface area contributed by atoms with Crippen LogP contribution in [0.15, 0.2) is 60.7 Å². The molecule has 0 saturated heterocycles. The van der Waals surface area contributed by atoms with Crippen LogP contribution in [-0.2, 0) is 15.1 Å². The molecule has 0 aliphatic carbocycles. The molecule has 4 nitrogen and oxygen atoms in total. The van der Waals surface area contributed by atoms with E-state index in [1.807, 2.05) is 12.1 Å². The molecular weight excluding hydrogens is 326 g/mol. The molecule has 0 aliphatic rings. The highest BCUT2D eigenvalue weighted by molar-refractivity contribution is 5.85. The molecule has 2 rings (SSSR count). The van der Waals surface area contributed by atoms with Crippen molar-refractivity contribution in [3.63, 3.8) is 0 Å². The van der Waals surface area contributed by atoms with Crippen LogP contribution >= 0.6 is 0 Å². The van der Waals surface area contributed by atoms with Crippen LogP contribution in [0.3, 0.4) is 0 Å². The van der Waals surface area contributed by atoms with Gasteiger partial charge in [-0.05, 0) is 17.5 Å². The Morgan fingerprint density at radius 3 is 1.92 bits per heavy atom. The summed E-state index contributed by atoms with van der Waals surface area (Å²) >= 11 is 0. The fourth-order valence-corrected chi connectivity index (χ4v) is 2.95. The van der Waals surface area contributed by atoms with Gasteiger partial charge in [-0.3, -0.25) is 0 Å². The molecule has 0 bridgehead atoms. The van der Waals surface area contributed by atoms with Crippen molar-refractivity contribution >= 4 is 5.97 Å². The van der Waals surface area contributed by atoms with Crippen molar-refractivity contribution in [2.45, 2.75) is 25.4 Å². The molecule has 1 N–H and O–H groups in total. The summed E-state index contributed by atoms with van der Waals surface area (Å²) in [6.07, 6.45) is 2.28. The maximum atomic E-state index is 12.9. The summed E-state index contributed by atoms with van der Waals surface area (Å²) in [5, 5.41) is 11.3. The Balaban J connectivity index is 2.15. The third-order valence-electron chi connectivity index (χ3n) is 4.73. The predicted molar refractivity (Wildman–Crippen MR) is 104 cm³/mol. The number of esters is 1. The van der Waals surface area contributed by atoms with Gasteiger partial charge < -0.3 is 14.3 Å². The number of rotatable bonds is 9. The van der Waals surface area contributed by atoms with E-state index in [2.05, 4.69) is 21.0 Å². The lowest BCUT2D eigenvalue weighted by atomic mass is 9.86. The predicted octanol–water partition coefficient (Wildman–Crippen LogP) is 3.34. The first-order chi connectivity index (χ1) is 12.4. The lowest BCUT2D eigenvalue weighted by molar-refractivity contribution is -0.890. The molecule has 4 heteroatoms. The van der Waals surface area contributed by atoms with Crippen LogP contribution in [0.5, 0.6) is 0 Å². The van der Waals surface area contributed by atoms with Crippen molar-refractivity contribution in [2.75, 3.05) is 33.8 Å². The van der Waals surface area contributed by atoms with Gasteiger partial charge in [-0.2, -0.15) is 0 Å². The normalized spacial score (nSPS) is 12.0. The van der Waals surface area contributed by atoms with Gasteiger partial charge in [0.1, 0.15) is 13.2 Å². The zero-order chi connectivity index (χ0) is 19.0. The number of quaternary nitrogens is 1. The summed E-state index contributed by atoms with van der Waals surface area (Å²) < 4.78 is 6.32. The van der Waals surface area contributed by atoms with Gasteiger partial charge in [0.2, 0.25) is 5.60 Å². The number of benzene rings is 2. The van der Waals surface area contributed by atoms with Gasteiger partial charge in [0.05, 0.1) is 20.6 Å². The lowest BCUT2D eigenvalue weighted by Crippen LogP contribution is -2.45. The van der Waals surface area contributed by atoms with Gasteiger partial charge in [-0.15, -0.1) is 0 Å². The first-order valence-electron chi connectivity index (χ1n) is 9.23. The smallest absolute Gasteiger partial charge is 0.347 e. The van der Waals surface area contributed by atoms with Crippen molar-refractivity contribution in [3.05, 3.63) is 71.8 Å². The standard InChI is InChI=1S/C22H30NO3/c1-4-5-16-23(2,3)17-18-26-21(24)22(25,19-12-8-6-9-13-19)20-14-10-7-11-15-20/h6-15,25H,4-5,16-18H2,1-3H3/q+1. The largest absolute Gasteiger partial charge is 0.457 e. The van der Waals surface area contributed by atoms with E-state index in [1.165, 1.54) is 0 Å². The number of ether oxygens (including phenoxy) is 1. The molecule has 140 valence electrons. The topological polar surface area (TPSA) is 46.5 Å². The molecule has 0 fully saturated rings. The molecule has 0 heterocycles. The van der Waals surface area contributed by atoms with Gasteiger partial charge in [-0.25, -0.2) is 4.79 Å². The average Bonchev–Trinajstić information content (AvgIpc) is 2.67. The van der Waals surface area contributed by atoms with Crippen molar-refractivity contribution < 1.29 is 19.1 Å². The number of likely N-dealkylation sites (N-methyl/N-ethyl adjacent to an activating group) is 1. The number of carbonyl (C=O) groups excluding carboxylic acids is 1. The second-order valence-corrected chi connectivity index (χ2v) is 7.31. The van der Waals surface area contributed by atoms with E-state index in [9.17, 15) is 9.90 Å². The quantitative estimate of drug-likeness (QED) is 0.554. The molecule has 0 unspecified atom stereocenters. The van der Waals surface area contributed by atoms with Crippen LogP contribution in [0, 0.1) is 0 Å². The Morgan fingerprint density at radius 2 is 1.46 bits per heavy atom. The molecular formula is C22H30NO3+. The van der Waals surface area contributed by atoms with E-state index in [0.717, 1.165) is 23.9 Å². The van der Waals surface area contributed by atoms with Crippen LogP contribution in [-0.4, -0.2) is 49.4 Å². The minimum atomic E-state index is -1.80. The van der Waals surface area contributed by atoms with Crippen molar-refractivity contribution in [2.24, 2.45) is 0 Å². The Morgan fingerprint density at radius 1 is 0.962 bits per heavy atom. The maximum absolute atomic E-state index is 12.9. The van der Waals surface area contributed by atoms with Crippen molar-refractivity contribution in [3.8, 4) is 0 Å². The highest BCUT2D eigenvalue weighted by atomic mass is 16.5. The minimum Gasteiger partial charge on any atom is -0.457 e. The van der Waals surface area contributed by atoms with Crippen molar-refractivity contribution in [1.82, 2.24) is 0 Å². The van der Waals surface area contributed by atoms with Crippen molar-refractivity contribution in [1.29, 1.82) is 0 Å². The number of nitrogens with zero attached hydrogens (tertiary/aromatic N) is 1. The number of unbranched alkanes of at least 4 members (excludes halogenated alkanes) is 1. The Kier molecular flexibility index (Phi) is 6.95. The van der Waals surface area contributed by atoms with E-state index in [0.29, 0.717) is 17.7 Å². The molecule has 0 saturated carbocycles. The van der Waals surface area contributed by atoms with E-state index >= 15 is 0 Å². The van der Waals surface area contributed by atoms with Gasteiger partial charge in [0.25, 0.3) is 0 Å². The third kappa shape index (κ3) is 4.93. The molecule has 0 atom stereocenters. The Bertz CT molecular complexity index is 644. The average molecular weight is 356 g/mol. The number of hydrogen-bond acceptors (Lipinski definition) is 3. The van der Waals surface area contributed by atoms with Crippen LogP contribution in [0.1, 0.15) is 30.9 Å². The highest BCUT2D eigenvalue weighted by Gasteiger charge is 2.41. The molecule has 0 radical (unpaired) electrons. The second kappa shape index (κ2) is 8.97. The van der Waals surface area contributed by atoms with Gasteiger partial charge in [0.15, 0.2) is 0 Å². The van der Waals surface area contributed by atoms with Gasteiger partial charge >= 0.3 is 5.97 Å². The van der Waals surface area contributed by atoms with E-state index < -0.39 is 11.6 Å². The number of aliphatic hydroxyl groups is 1. The lowest BCUT2D eigenvalue weighted by Gasteiger charge is -2.31.